The highest BCUT2D eigenvalue weighted by atomic mass is 19.2. The monoisotopic (exact) mass is 315 g/mol. The fraction of sp³-hybridized carbons (Fsp3) is 0.176. The SMILES string of the molecule is CCc1ccccc1NC(=O)Cn1cnc2cc(F)c(F)cc21. The second-order valence-corrected chi connectivity index (χ2v) is 5.19. The van der Waals surface area contributed by atoms with Crippen molar-refractivity contribution in [2.45, 2.75) is 19.9 Å². The number of hydrogen-bond acceptors (Lipinski definition) is 2. The van der Waals surface area contributed by atoms with Crippen LogP contribution in [0.4, 0.5) is 14.5 Å². The van der Waals surface area contributed by atoms with Crippen molar-refractivity contribution in [2.24, 2.45) is 0 Å². The number of carbonyl (C=O) groups excluding carboxylic acids is 1. The molecule has 0 aliphatic rings. The van der Waals surface area contributed by atoms with Gasteiger partial charge in [0.1, 0.15) is 6.54 Å². The number of fused-ring (bicyclic) bond motifs is 1. The van der Waals surface area contributed by atoms with Crippen LogP contribution in [0.5, 0.6) is 0 Å². The van der Waals surface area contributed by atoms with Gasteiger partial charge >= 0.3 is 0 Å². The second kappa shape index (κ2) is 6.16. The number of anilines is 1. The van der Waals surface area contributed by atoms with E-state index in [1.165, 1.54) is 10.9 Å². The zero-order valence-electron chi connectivity index (χ0n) is 12.5. The standard InChI is InChI=1S/C17H15F2N3O/c1-2-11-5-3-4-6-14(11)21-17(23)9-22-10-20-15-7-12(18)13(19)8-16(15)22/h3-8,10H,2,9H2,1H3,(H,21,23). The smallest absolute Gasteiger partial charge is 0.244 e. The van der Waals surface area contributed by atoms with E-state index in [2.05, 4.69) is 10.3 Å². The van der Waals surface area contributed by atoms with E-state index in [4.69, 9.17) is 0 Å². The van der Waals surface area contributed by atoms with Gasteiger partial charge in [0.2, 0.25) is 5.91 Å². The van der Waals surface area contributed by atoms with Gasteiger partial charge in [0, 0.05) is 17.8 Å². The second-order valence-electron chi connectivity index (χ2n) is 5.19. The molecule has 0 unspecified atom stereocenters. The van der Waals surface area contributed by atoms with E-state index < -0.39 is 11.6 Å². The highest BCUT2D eigenvalue weighted by Crippen LogP contribution is 2.18. The number of hydrogen-bond donors (Lipinski definition) is 1. The summed E-state index contributed by atoms with van der Waals surface area (Å²) in [5.41, 5.74) is 2.47. The van der Waals surface area contributed by atoms with Gasteiger partial charge in [0.15, 0.2) is 11.6 Å². The van der Waals surface area contributed by atoms with E-state index in [0.29, 0.717) is 11.0 Å². The number of halogens is 2. The average molecular weight is 315 g/mol. The summed E-state index contributed by atoms with van der Waals surface area (Å²) in [7, 11) is 0. The molecular formula is C17H15F2N3O. The lowest BCUT2D eigenvalue weighted by atomic mass is 10.1. The van der Waals surface area contributed by atoms with Crippen molar-refractivity contribution in [3.05, 3.63) is 59.9 Å². The maximum atomic E-state index is 13.4. The Hall–Kier alpha value is -2.76. The summed E-state index contributed by atoms with van der Waals surface area (Å²) in [6.07, 6.45) is 2.20. The Bertz CT molecular complexity index is 873. The van der Waals surface area contributed by atoms with Gasteiger partial charge in [-0.15, -0.1) is 0 Å². The summed E-state index contributed by atoms with van der Waals surface area (Å²) in [6, 6.07) is 9.60. The number of rotatable bonds is 4. The predicted molar refractivity (Wildman–Crippen MR) is 84.1 cm³/mol. The number of benzene rings is 2. The van der Waals surface area contributed by atoms with Gasteiger partial charge in [-0.2, -0.15) is 0 Å². The lowest BCUT2D eigenvalue weighted by Gasteiger charge is -2.10. The number of aryl methyl sites for hydroxylation is 1. The molecular weight excluding hydrogens is 300 g/mol. The maximum Gasteiger partial charge on any atom is 0.244 e. The first-order valence-electron chi connectivity index (χ1n) is 7.26. The summed E-state index contributed by atoms with van der Waals surface area (Å²) in [6.45, 7) is 1.98. The quantitative estimate of drug-likeness (QED) is 0.801. The molecule has 1 N–H and O–H groups in total. The molecule has 0 spiro atoms. The van der Waals surface area contributed by atoms with Crippen LogP contribution in [0.2, 0.25) is 0 Å². The Kier molecular flexibility index (Phi) is 4.06. The molecule has 0 saturated carbocycles. The first-order chi connectivity index (χ1) is 11.1. The molecule has 3 aromatic rings. The number of aromatic nitrogens is 2. The zero-order chi connectivity index (χ0) is 16.4. The van der Waals surface area contributed by atoms with Crippen LogP contribution >= 0.6 is 0 Å². The Morgan fingerprint density at radius 2 is 1.96 bits per heavy atom. The van der Waals surface area contributed by atoms with E-state index in [1.807, 2.05) is 31.2 Å². The molecule has 0 radical (unpaired) electrons. The van der Waals surface area contributed by atoms with Crippen molar-refractivity contribution in [1.82, 2.24) is 9.55 Å². The van der Waals surface area contributed by atoms with Gasteiger partial charge in [-0.05, 0) is 18.1 Å². The highest BCUT2D eigenvalue weighted by Gasteiger charge is 2.12. The normalized spacial score (nSPS) is 10.9. The third-order valence-corrected chi connectivity index (χ3v) is 3.65. The van der Waals surface area contributed by atoms with Crippen LogP contribution in [0.1, 0.15) is 12.5 Å². The average Bonchev–Trinajstić information content (AvgIpc) is 2.90. The molecule has 6 heteroatoms. The van der Waals surface area contributed by atoms with Crippen molar-refractivity contribution in [2.75, 3.05) is 5.32 Å². The van der Waals surface area contributed by atoms with Crippen molar-refractivity contribution >= 4 is 22.6 Å². The van der Waals surface area contributed by atoms with Crippen LogP contribution in [0.3, 0.4) is 0 Å². The Labute approximate surface area is 131 Å². The van der Waals surface area contributed by atoms with E-state index in [0.717, 1.165) is 29.8 Å². The number of para-hydroxylation sites is 1. The highest BCUT2D eigenvalue weighted by molar-refractivity contribution is 5.92. The van der Waals surface area contributed by atoms with Gasteiger partial charge in [-0.25, -0.2) is 13.8 Å². The molecule has 0 aliphatic carbocycles. The largest absolute Gasteiger partial charge is 0.324 e. The number of amides is 1. The Morgan fingerprint density at radius 3 is 2.74 bits per heavy atom. The van der Waals surface area contributed by atoms with Crippen LogP contribution in [0.15, 0.2) is 42.7 Å². The van der Waals surface area contributed by atoms with Crippen LogP contribution in [-0.4, -0.2) is 15.5 Å². The number of nitrogens with zero attached hydrogens (tertiary/aromatic N) is 2. The van der Waals surface area contributed by atoms with Crippen LogP contribution in [-0.2, 0) is 17.8 Å². The number of nitrogens with one attached hydrogen (secondary N) is 1. The molecule has 0 aliphatic heterocycles. The molecule has 23 heavy (non-hydrogen) atoms. The van der Waals surface area contributed by atoms with E-state index >= 15 is 0 Å². The first kappa shape index (κ1) is 15.1. The third-order valence-electron chi connectivity index (χ3n) is 3.65. The molecule has 1 amide bonds. The molecule has 1 aromatic heterocycles. The lowest BCUT2D eigenvalue weighted by molar-refractivity contribution is -0.116. The lowest BCUT2D eigenvalue weighted by Crippen LogP contribution is -2.19. The van der Waals surface area contributed by atoms with Gasteiger partial charge in [-0.1, -0.05) is 25.1 Å². The molecule has 0 atom stereocenters. The van der Waals surface area contributed by atoms with Gasteiger partial charge < -0.3 is 9.88 Å². The molecule has 118 valence electrons. The summed E-state index contributed by atoms with van der Waals surface area (Å²) in [4.78, 5) is 16.2. The molecule has 0 fully saturated rings. The number of carbonyl (C=O) groups is 1. The van der Waals surface area contributed by atoms with Crippen LogP contribution in [0.25, 0.3) is 11.0 Å². The topological polar surface area (TPSA) is 46.9 Å². The molecule has 0 saturated heterocycles. The zero-order valence-corrected chi connectivity index (χ0v) is 12.5. The summed E-state index contributed by atoms with van der Waals surface area (Å²) in [5.74, 6) is -2.17. The summed E-state index contributed by atoms with van der Waals surface area (Å²) in [5, 5.41) is 2.84. The Balaban J connectivity index is 1.82. The van der Waals surface area contributed by atoms with E-state index in [1.54, 1.807) is 0 Å². The molecule has 4 nitrogen and oxygen atoms in total. The molecule has 1 heterocycles. The minimum atomic E-state index is -0.962. The van der Waals surface area contributed by atoms with Crippen LogP contribution in [0, 0.1) is 11.6 Å². The van der Waals surface area contributed by atoms with Gasteiger partial charge in [0.25, 0.3) is 0 Å². The molecule has 0 bridgehead atoms. The van der Waals surface area contributed by atoms with Crippen molar-refractivity contribution in [1.29, 1.82) is 0 Å². The van der Waals surface area contributed by atoms with Gasteiger partial charge in [0.05, 0.1) is 17.4 Å². The van der Waals surface area contributed by atoms with E-state index in [9.17, 15) is 13.6 Å². The van der Waals surface area contributed by atoms with Crippen LogP contribution < -0.4 is 5.32 Å². The first-order valence-corrected chi connectivity index (χ1v) is 7.26. The van der Waals surface area contributed by atoms with Gasteiger partial charge in [-0.3, -0.25) is 4.79 Å². The van der Waals surface area contributed by atoms with Crippen molar-refractivity contribution in [3.8, 4) is 0 Å². The van der Waals surface area contributed by atoms with Crippen molar-refractivity contribution in [3.63, 3.8) is 0 Å². The minimum Gasteiger partial charge on any atom is -0.324 e. The third kappa shape index (κ3) is 3.06. The Morgan fingerprint density at radius 1 is 1.22 bits per heavy atom. The summed E-state index contributed by atoms with van der Waals surface area (Å²) >= 11 is 0. The van der Waals surface area contributed by atoms with Crippen molar-refractivity contribution < 1.29 is 13.6 Å². The fourth-order valence-electron chi connectivity index (χ4n) is 2.47. The molecule has 2 aromatic carbocycles. The predicted octanol–water partition coefficient (Wildman–Crippen LogP) is 3.52. The number of imidazole rings is 1. The maximum absolute atomic E-state index is 13.4. The van der Waals surface area contributed by atoms with E-state index in [-0.39, 0.29) is 12.5 Å². The fourth-order valence-corrected chi connectivity index (χ4v) is 2.47. The molecule has 3 rings (SSSR count). The summed E-state index contributed by atoms with van der Waals surface area (Å²) < 4.78 is 28.0. The minimum absolute atomic E-state index is 0.0282.